The molecule has 214 valence electrons. The molecule has 0 fully saturated rings. The number of carbonyl (C=O) groups is 2. The van der Waals surface area contributed by atoms with E-state index in [1.54, 1.807) is 24.3 Å². The van der Waals surface area contributed by atoms with Crippen molar-refractivity contribution in [3.63, 3.8) is 0 Å². The molecule has 7 nitrogen and oxygen atoms in total. The van der Waals surface area contributed by atoms with E-state index in [2.05, 4.69) is 5.32 Å². The zero-order chi connectivity index (χ0) is 29.4. The third-order valence-electron chi connectivity index (χ3n) is 6.07. The van der Waals surface area contributed by atoms with Gasteiger partial charge in [-0.1, -0.05) is 67.9 Å². The minimum Gasteiger partial charge on any atom is -0.354 e. The quantitative estimate of drug-likeness (QED) is 0.328. The second-order valence-electron chi connectivity index (χ2n) is 9.86. The average Bonchev–Trinajstić information content (AvgIpc) is 2.89. The molecule has 0 spiro atoms. The van der Waals surface area contributed by atoms with Gasteiger partial charge in [0.05, 0.1) is 11.9 Å². The minimum absolute atomic E-state index is 0.0542. The summed E-state index contributed by atoms with van der Waals surface area (Å²) in [6.07, 6.45) is 1.01. The first kappa shape index (κ1) is 31.0. The van der Waals surface area contributed by atoms with Crippen molar-refractivity contribution in [3.05, 3.63) is 101 Å². The molecule has 3 rings (SSSR count). The van der Waals surface area contributed by atoms with Crippen LogP contribution in [-0.4, -0.2) is 50.5 Å². The molecule has 3 aromatic carbocycles. The van der Waals surface area contributed by atoms with Crippen molar-refractivity contribution in [1.82, 2.24) is 10.2 Å². The van der Waals surface area contributed by atoms with Gasteiger partial charge in [-0.05, 0) is 41.3 Å². The SMILES string of the molecule is CC(C)CNC(=O)[C@H](Cc1ccccc1)N(Cc1cccc(Cl)c1)C(=O)CN(c1ccc(F)c(F)c1)S(C)(=O)=O. The predicted octanol–water partition coefficient (Wildman–Crippen LogP) is 4.80. The molecule has 11 heteroatoms. The fourth-order valence-corrected chi connectivity index (χ4v) is 5.12. The van der Waals surface area contributed by atoms with Crippen molar-refractivity contribution in [2.75, 3.05) is 23.7 Å². The molecule has 0 saturated carbocycles. The zero-order valence-electron chi connectivity index (χ0n) is 22.5. The second-order valence-corrected chi connectivity index (χ2v) is 12.2. The summed E-state index contributed by atoms with van der Waals surface area (Å²) >= 11 is 6.18. The number of carbonyl (C=O) groups excluding carboxylic acids is 2. The molecule has 2 amide bonds. The summed E-state index contributed by atoms with van der Waals surface area (Å²) in [7, 11) is -4.11. The maximum atomic E-state index is 14.0. The largest absolute Gasteiger partial charge is 0.354 e. The topological polar surface area (TPSA) is 86.8 Å². The molecule has 0 aliphatic rings. The number of amides is 2. The van der Waals surface area contributed by atoms with Crippen LogP contribution < -0.4 is 9.62 Å². The third kappa shape index (κ3) is 8.76. The number of anilines is 1. The van der Waals surface area contributed by atoms with Crippen LogP contribution in [0.25, 0.3) is 0 Å². The molecule has 1 atom stereocenters. The number of sulfonamides is 1. The molecule has 0 unspecified atom stereocenters. The Hall–Kier alpha value is -3.50. The monoisotopic (exact) mass is 591 g/mol. The molecular weight excluding hydrogens is 560 g/mol. The Morgan fingerprint density at radius 2 is 1.60 bits per heavy atom. The maximum absolute atomic E-state index is 14.0. The highest BCUT2D eigenvalue weighted by atomic mass is 35.5. The van der Waals surface area contributed by atoms with Crippen molar-refractivity contribution >= 4 is 39.1 Å². The lowest BCUT2D eigenvalue weighted by Crippen LogP contribution is -2.53. The van der Waals surface area contributed by atoms with Crippen LogP contribution in [0.1, 0.15) is 25.0 Å². The normalized spacial score (nSPS) is 12.2. The number of halogens is 3. The number of rotatable bonds is 12. The highest BCUT2D eigenvalue weighted by molar-refractivity contribution is 7.92. The van der Waals surface area contributed by atoms with Crippen LogP contribution in [0.4, 0.5) is 14.5 Å². The van der Waals surface area contributed by atoms with Gasteiger partial charge in [-0.25, -0.2) is 17.2 Å². The van der Waals surface area contributed by atoms with Crippen molar-refractivity contribution < 1.29 is 26.8 Å². The highest BCUT2D eigenvalue weighted by Gasteiger charge is 2.33. The Morgan fingerprint density at radius 1 is 0.925 bits per heavy atom. The maximum Gasteiger partial charge on any atom is 0.244 e. The van der Waals surface area contributed by atoms with Crippen LogP contribution in [0.2, 0.25) is 5.02 Å². The van der Waals surface area contributed by atoms with E-state index >= 15 is 0 Å². The van der Waals surface area contributed by atoms with Gasteiger partial charge in [-0.3, -0.25) is 13.9 Å². The van der Waals surface area contributed by atoms with Crippen LogP contribution in [0.3, 0.4) is 0 Å². The smallest absolute Gasteiger partial charge is 0.244 e. The van der Waals surface area contributed by atoms with Crippen LogP contribution in [-0.2, 0) is 32.6 Å². The Morgan fingerprint density at radius 3 is 2.20 bits per heavy atom. The Kier molecular flexibility index (Phi) is 10.6. The van der Waals surface area contributed by atoms with E-state index in [4.69, 9.17) is 11.6 Å². The Labute approximate surface area is 238 Å². The number of hydrogen-bond donors (Lipinski definition) is 1. The van der Waals surface area contributed by atoms with Gasteiger partial charge >= 0.3 is 0 Å². The summed E-state index contributed by atoms with van der Waals surface area (Å²) in [5.74, 6) is -3.39. The minimum atomic E-state index is -4.11. The Balaban J connectivity index is 2.06. The van der Waals surface area contributed by atoms with Gasteiger partial charge in [0.2, 0.25) is 21.8 Å². The fraction of sp³-hybridized carbons (Fsp3) is 0.310. The number of hydrogen-bond acceptors (Lipinski definition) is 4. The molecule has 0 radical (unpaired) electrons. The van der Waals surface area contributed by atoms with Gasteiger partial charge in [0.25, 0.3) is 0 Å². The van der Waals surface area contributed by atoms with E-state index in [0.29, 0.717) is 27.5 Å². The molecule has 0 aliphatic heterocycles. The first-order chi connectivity index (χ1) is 18.8. The third-order valence-corrected chi connectivity index (χ3v) is 7.44. The fourth-order valence-electron chi connectivity index (χ4n) is 4.06. The predicted molar refractivity (Wildman–Crippen MR) is 152 cm³/mol. The number of nitrogens with zero attached hydrogens (tertiary/aromatic N) is 2. The van der Waals surface area contributed by atoms with Gasteiger partial charge in [-0.15, -0.1) is 0 Å². The average molecular weight is 592 g/mol. The van der Waals surface area contributed by atoms with Gasteiger partial charge in [0.1, 0.15) is 12.6 Å². The summed E-state index contributed by atoms with van der Waals surface area (Å²) < 4.78 is 53.7. The van der Waals surface area contributed by atoms with Crippen molar-refractivity contribution in [2.45, 2.75) is 32.9 Å². The molecule has 0 saturated heterocycles. The van der Waals surface area contributed by atoms with E-state index in [0.717, 1.165) is 24.0 Å². The van der Waals surface area contributed by atoms with Crippen LogP contribution >= 0.6 is 11.6 Å². The van der Waals surface area contributed by atoms with Crippen molar-refractivity contribution in [2.24, 2.45) is 5.92 Å². The zero-order valence-corrected chi connectivity index (χ0v) is 24.1. The number of nitrogens with one attached hydrogen (secondary N) is 1. The summed E-state index contributed by atoms with van der Waals surface area (Å²) in [6, 6.07) is 17.4. The summed E-state index contributed by atoms with van der Waals surface area (Å²) in [4.78, 5) is 28.8. The van der Waals surface area contributed by atoms with E-state index in [1.165, 1.54) is 4.90 Å². The molecule has 0 aromatic heterocycles. The lowest BCUT2D eigenvalue weighted by Gasteiger charge is -2.33. The van der Waals surface area contributed by atoms with Crippen LogP contribution in [0.5, 0.6) is 0 Å². The molecular formula is C29H32ClF2N3O4S. The lowest BCUT2D eigenvalue weighted by atomic mass is 10.0. The summed E-state index contributed by atoms with van der Waals surface area (Å²) in [5, 5.41) is 3.31. The van der Waals surface area contributed by atoms with Gasteiger partial charge in [0, 0.05) is 30.6 Å². The van der Waals surface area contributed by atoms with E-state index in [1.807, 2.05) is 44.2 Å². The first-order valence-corrected chi connectivity index (χ1v) is 14.9. The molecule has 0 aliphatic carbocycles. The van der Waals surface area contributed by atoms with E-state index < -0.39 is 46.1 Å². The van der Waals surface area contributed by atoms with E-state index in [9.17, 15) is 26.8 Å². The standard InChI is InChI=1S/C29H32ClF2N3O4S/c1-20(2)17-33-29(37)27(15-21-8-5-4-6-9-21)34(18-22-10-7-11-23(30)14-22)28(36)19-35(40(3,38)39)24-12-13-25(31)26(32)16-24/h4-14,16,20,27H,15,17-19H2,1-3H3,(H,33,37)/t27-/m0/s1. The molecule has 40 heavy (non-hydrogen) atoms. The van der Waals surface area contributed by atoms with Gasteiger partial charge < -0.3 is 10.2 Å². The van der Waals surface area contributed by atoms with E-state index in [-0.39, 0.29) is 24.6 Å². The van der Waals surface area contributed by atoms with Crippen LogP contribution in [0, 0.1) is 17.6 Å². The first-order valence-electron chi connectivity index (χ1n) is 12.6. The van der Waals surface area contributed by atoms with Crippen molar-refractivity contribution in [3.8, 4) is 0 Å². The van der Waals surface area contributed by atoms with Crippen LogP contribution in [0.15, 0.2) is 72.8 Å². The molecule has 1 N–H and O–H groups in total. The second kappa shape index (κ2) is 13.7. The summed E-state index contributed by atoms with van der Waals surface area (Å²) in [5.41, 5.74) is 1.19. The molecule has 0 bridgehead atoms. The van der Waals surface area contributed by atoms with Crippen molar-refractivity contribution in [1.29, 1.82) is 0 Å². The van der Waals surface area contributed by atoms with Gasteiger partial charge in [-0.2, -0.15) is 0 Å². The lowest BCUT2D eigenvalue weighted by molar-refractivity contribution is -0.140. The highest BCUT2D eigenvalue weighted by Crippen LogP contribution is 2.23. The van der Waals surface area contributed by atoms with Gasteiger partial charge in [0.15, 0.2) is 11.6 Å². The number of benzene rings is 3. The Bertz CT molecular complexity index is 1440. The molecule has 3 aromatic rings. The summed E-state index contributed by atoms with van der Waals surface area (Å²) in [6.45, 7) is 3.45. The molecule has 0 heterocycles.